The van der Waals surface area contributed by atoms with Crippen molar-refractivity contribution in [2.24, 2.45) is 17.0 Å². The minimum atomic E-state index is -3.93. The number of sulfonamides is 1. The molecule has 1 aromatic rings. The van der Waals surface area contributed by atoms with Crippen molar-refractivity contribution in [2.45, 2.75) is 11.8 Å². The second kappa shape index (κ2) is 5.02. The van der Waals surface area contributed by atoms with Crippen LogP contribution in [0.25, 0.3) is 0 Å². The molecule has 1 aliphatic rings. The van der Waals surface area contributed by atoms with Crippen LogP contribution in [0.3, 0.4) is 0 Å². The fraction of sp³-hybridized carbons (Fsp3) is 0.417. The van der Waals surface area contributed by atoms with Gasteiger partial charge in [0, 0.05) is 19.0 Å². The lowest BCUT2D eigenvalue weighted by molar-refractivity contribution is -0.143. The second-order valence-corrected chi connectivity index (χ2v) is 6.51. The Morgan fingerprint density at radius 3 is 2.55 bits per heavy atom. The molecule has 2 rings (SSSR count). The van der Waals surface area contributed by atoms with Crippen LogP contribution in [-0.2, 0) is 14.8 Å². The fourth-order valence-electron chi connectivity index (χ4n) is 2.15. The van der Waals surface area contributed by atoms with Crippen LogP contribution in [0.2, 0.25) is 0 Å². The number of carbonyl (C=O) groups is 1. The molecule has 6 nitrogen and oxygen atoms in total. The molecule has 0 aromatic heterocycles. The van der Waals surface area contributed by atoms with Crippen molar-refractivity contribution in [3.8, 4) is 0 Å². The van der Waals surface area contributed by atoms with Crippen molar-refractivity contribution in [1.82, 2.24) is 0 Å². The van der Waals surface area contributed by atoms with Crippen LogP contribution in [0.4, 0.5) is 10.1 Å². The molecule has 1 atom stereocenters. The number of rotatable bonds is 4. The second-order valence-electron chi connectivity index (χ2n) is 4.95. The number of carboxylic acids is 1. The number of hydrogen-bond acceptors (Lipinski definition) is 4. The third-order valence-electron chi connectivity index (χ3n) is 3.59. The van der Waals surface area contributed by atoms with Gasteiger partial charge in [0.1, 0.15) is 5.82 Å². The van der Waals surface area contributed by atoms with Crippen LogP contribution in [0.1, 0.15) is 6.92 Å². The molecule has 1 saturated heterocycles. The van der Waals surface area contributed by atoms with Gasteiger partial charge in [-0.15, -0.1) is 0 Å². The first-order chi connectivity index (χ1) is 9.20. The lowest BCUT2D eigenvalue weighted by atomic mass is 9.86. The summed E-state index contributed by atoms with van der Waals surface area (Å²) >= 11 is 0. The number of halogens is 1. The molecule has 0 radical (unpaired) electrons. The average Bonchev–Trinajstić information content (AvgIpc) is 2.27. The van der Waals surface area contributed by atoms with E-state index in [2.05, 4.69) is 0 Å². The number of hydrogen-bond donors (Lipinski definition) is 2. The van der Waals surface area contributed by atoms with Crippen LogP contribution in [0.5, 0.6) is 0 Å². The topological polar surface area (TPSA) is 101 Å². The quantitative estimate of drug-likeness (QED) is 0.849. The van der Waals surface area contributed by atoms with Crippen molar-refractivity contribution in [3.05, 3.63) is 24.0 Å². The van der Waals surface area contributed by atoms with E-state index in [1.165, 1.54) is 12.1 Å². The summed E-state index contributed by atoms with van der Waals surface area (Å²) in [5, 5.41) is 13.8. The Hall–Kier alpha value is -1.67. The van der Waals surface area contributed by atoms with E-state index < -0.39 is 27.7 Å². The van der Waals surface area contributed by atoms with E-state index in [1.54, 1.807) is 11.8 Å². The SMILES string of the molecule is CC(C(=O)O)C1CN(c2ccc(S(N)(=O)=O)cc2F)C1. The van der Waals surface area contributed by atoms with E-state index in [0.29, 0.717) is 13.1 Å². The molecule has 0 saturated carbocycles. The van der Waals surface area contributed by atoms with Gasteiger partial charge in [0.05, 0.1) is 16.5 Å². The first kappa shape index (κ1) is 14.7. The molecule has 1 aliphatic heterocycles. The molecule has 20 heavy (non-hydrogen) atoms. The standard InChI is InChI=1S/C12H15FN2O4S/c1-7(12(16)17)8-5-15(6-8)11-3-2-9(4-10(11)13)20(14,18)19/h2-4,7-8H,5-6H2,1H3,(H,16,17)(H2,14,18,19). The maximum absolute atomic E-state index is 13.9. The van der Waals surface area contributed by atoms with Gasteiger partial charge in [-0.3, -0.25) is 4.79 Å². The molecule has 1 aromatic carbocycles. The summed E-state index contributed by atoms with van der Waals surface area (Å²) in [5.74, 6) is -2.08. The van der Waals surface area contributed by atoms with Gasteiger partial charge in [-0.1, -0.05) is 6.92 Å². The molecular formula is C12H15FN2O4S. The highest BCUT2D eigenvalue weighted by atomic mass is 32.2. The molecule has 0 aliphatic carbocycles. The maximum Gasteiger partial charge on any atom is 0.306 e. The average molecular weight is 302 g/mol. The summed E-state index contributed by atoms with van der Waals surface area (Å²) in [4.78, 5) is 12.2. The first-order valence-corrected chi connectivity index (χ1v) is 7.55. The zero-order chi connectivity index (χ0) is 15.1. The van der Waals surface area contributed by atoms with Gasteiger partial charge in [-0.2, -0.15) is 0 Å². The van der Waals surface area contributed by atoms with Crippen molar-refractivity contribution < 1.29 is 22.7 Å². The molecule has 1 unspecified atom stereocenters. The third-order valence-corrected chi connectivity index (χ3v) is 4.51. The van der Waals surface area contributed by atoms with Gasteiger partial charge in [-0.05, 0) is 18.2 Å². The van der Waals surface area contributed by atoms with E-state index in [9.17, 15) is 17.6 Å². The van der Waals surface area contributed by atoms with Gasteiger partial charge < -0.3 is 10.0 Å². The minimum absolute atomic E-state index is 0.0372. The van der Waals surface area contributed by atoms with Crippen LogP contribution < -0.4 is 10.0 Å². The third kappa shape index (κ3) is 2.75. The summed E-state index contributed by atoms with van der Waals surface area (Å²) in [6, 6.07) is 3.46. The van der Waals surface area contributed by atoms with Gasteiger partial charge in [0.25, 0.3) is 0 Å². The van der Waals surface area contributed by atoms with E-state index in [1.807, 2.05) is 0 Å². The molecule has 1 heterocycles. The Balaban J connectivity index is 2.12. The summed E-state index contributed by atoms with van der Waals surface area (Å²) in [5.41, 5.74) is 0.256. The Kier molecular flexibility index (Phi) is 3.70. The van der Waals surface area contributed by atoms with Crippen molar-refractivity contribution in [2.75, 3.05) is 18.0 Å². The highest BCUT2D eigenvalue weighted by Gasteiger charge is 2.35. The van der Waals surface area contributed by atoms with Gasteiger partial charge >= 0.3 is 5.97 Å². The number of nitrogens with two attached hydrogens (primary N) is 1. The predicted octanol–water partition coefficient (Wildman–Crippen LogP) is 0.630. The molecule has 8 heteroatoms. The summed E-state index contributed by atoms with van der Waals surface area (Å²) < 4.78 is 36.1. The van der Waals surface area contributed by atoms with Gasteiger partial charge in [0.2, 0.25) is 10.0 Å². The van der Waals surface area contributed by atoms with Crippen molar-refractivity contribution >= 4 is 21.7 Å². The van der Waals surface area contributed by atoms with Gasteiger partial charge in [0.15, 0.2) is 0 Å². The molecule has 3 N–H and O–H groups in total. The summed E-state index contributed by atoms with van der Waals surface area (Å²) in [6.45, 7) is 2.48. The molecule has 0 amide bonds. The lowest BCUT2D eigenvalue weighted by Gasteiger charge is -2.43. The zero-order valence-electron chi connectivity index (χ0n) is 10.8. The molecule has 110 valence electrons. The smallest absolute Gasteiger partial charge is 0.306 e. The molecular weight excluding hydrogens is 287 g/mol. The number of carboxylic acid groups (broad SMARTS) is 1. The van der Waals surface area contributed by atoms with Crippen LogP contribution in [0.15, 0.2) is 23.1 Å². The number of nitrogens with zero attached hydrogens (tertiary/aromatic N) is 1. The summed E-state index contributed by atoms with van der Waals surface area (Å²) in [6.07, 6.45) is 0. The Morgan fingerprint density at radius 2 is 2.10 bits per heavy atom. The summed E-state index contributed by atoms with van der Waals surface area (Å²) in [7, 11) is -3.93. The Morgan fingerprint density at radius 1 is 1.50 bits per heavy atom. The van der Waals surface area contributed by atoms with Crippen molar-refractivity contribution in [3.63, 3.8) is 0 Å². The predicted molar refractivity (Wildman–Crippen MR) is 70.3 cm³/mol. The Labute approximate surface area is 116 Å². The van der Waals surface area contributed by atoms with E-state index >= 15 is 0 Å². The lowest BCUT2D eigenvalue weighted by Crippen LogP contribution is -2.51. The Bertz CT molecular complexity index is 641. The minimum Gasteiger partial charge on any atom is -0.481 e. The molecule has 0 spiro atoms. The fourth-order valence-corrected chi connectivity index (χ4v) is 2.67. The van der Waals surface area contributed by atoms with E-state index in [0.717, 1.165) is 6.07 Å². The van der Waals surface area contributed by atoms with Gasteiger partial charge in [-0.25, -0.2) is 17.9 Å². The zero-order valence-corrected chi connectivity index (χ0v) is 11.6. The monoisotopic (exact) mass is 302 g/mol. The van der Waals surface area contributed by atoms with Crippen LogP contribution >= 0.6 is 0 Å². The highest BCUT2D eigenvalue weighted by molar-refractivity contribution is 7.89. The first-order valence-electron chi connectivity index (χ1n) is 6.00. The van der Waals surface area contributed by atoms with E-state index in [4.69, 9.17) is 10.2 Å². The van der Waals surface area contributed by atoms with Crippen molar-refractivity contribution in [1.29, 1.82) is 0 Å². The largest absolute Gasteiger partial charge is 0.481 e. The van der Waals surface area contributed by atoms with Crippen LogP contribution in [0, 0.1) is 17.7 Å². The number of anilines is 1. The van der Waals surface area contributed by atoms with Crippen LogP contribution in [-0.4, -0.2) is 32.6 Å². The number of primary sulfonamides is 1. The molecule has 0 bridgehead atoms. The highest BCUT2D eigenvalue weighted by Crippen LogP contribution is 2.31. The normalized spacial score (nSPS) is 17.6. The maximum atomic E-state index is 13.9. The molecule has 1 fully saturated rings. The number of aliphatic carboxylic acids is 1. The number of benzene rings is 1. The van der Waals surface area contributed by atoms with E-state index in [-0.39, 0.29) is 16.5 Å².